The number of aryl methyl sites for hydroxylation is 1. The summed E-state index contributed by atoms with van der Waals surface area (Å²) in [5.41, 5.74) is 8.42. The van der Waals surface area contributed by atoms with Crippen molar-refractivity contribution < 1.29 is 4.39 Å². The lowest BCUT2D eigenvalue weighted by molar-refractivity contribution is 0.629. The van der Waals surface area contributed by atoms with E-state index in [0.29, 0.717) is 5.56 Å². The predicted octanol–water partition coefficient (Wildman–Crippen LogP) is 2.76. The molecule has 3 N–H and O–H groups in total. The molecule has 3 rings (SSSR count). The van der Waals surface area contributed by atoms with E-state index in [-0.39, 0.29) is 11.7 Å². The largest absolute Gasteiger partial charge is 0.384 e. The van der Waals surface area contributed by atoms with Gasteiger partial charge in [-0.3, -0.25) is 9.98 Å². The number of amidine groups is 1. The van der Waals surface area contributed by atoms with E-state index in [1.807, 2.05) is 23.6 Å². The number of benzene rings is 2. The number of nitrogens with one attached hydrogen (secondary N) is 1. The molecule has 0 atom stereocenters. The van der Waals surface area contributed by atoms with Crippen LogP contribution in [-0.2, 0) is 0 Å². The van der Waals surface area contributed by atoms with Crippen LogP contribution in [0.4, 0.5) is 4.39 Å². The molecule has 2 aromatic carbocycles. The average Bonchev–Trinajstić information content (AvgIpc) is 2.74. The fraction of sp³-hybridized carbons (Fsp3) is 0.0667. The molecule has 0 radical (unpaired) electrons. The standard InChI is InChI=1S/C15H13FN4/c1-9-19-13-7-4-11(16)8-14(13)20(9)12-5-2-10(3-6-12)15(17)18/h2-8H,1H3,(H3,17,18). The Bertz CT molecular complexity index is 803. The van der Waals surface area contributed by atoms with E-state index in [1.165, 1.54) is 12.1 Å². The quantitative estimate of drug-likeness (QED) is 0.554. The minimum atomic E-state index is -0.293. The van der Waals surface area contributed by atoms with Gasteiger partial charge >= 0.3 is 0 Å². The summed E-state index contributed by atoms with van der Waals surface area (Å²) in [5, 5.41) is 7.39. The highest BCUT2D eigenvalue weighted by atomic mass is 19.1. The SMILES string of the molecule is Cc1nc2ccc(F)cc2n1-c1ccc(C(=N)N)cc1. The molecule has 0 bridgehead atoms. The van der Waals surface area contributed by atoms with E-state index in [2.05, 4.69) is 4.98 Å². The van der Waals surface area contributed by atoms with Crippen LogP contribution >= 0.6 is 0 Å². The number of imidazole rings is 1. The molecular weight excluding hydrogens is 255 g/mol. The highest BCUT2D eigenvalue weighted by Gasteiger charge is 2.10. The molecule has 0 saturated heterocycles. The molecule has 5 heteroatoms. The topological polar surface area (TPSA) is 67.7 Å². The molecule has 1 heterocycles. The first-order valence-corrected chi connectivity index (χ1v) is 6.16. The number of nitrogens with zero attached hydrogens (tertiary/aromatic N) is 2. The molecule has 0 unspecified atom stereocenters. The number of hydrogen-bond acceptors (Lipinski definition) is 2. The maximum atomic E-state index is 13.4. The molecule has 0 spiro atoms. The molecule has 3 aromatic rings. The number of nitrogen functional groups attached to an aromatic ring is 1. The molecule has 100 valence electrons. The van der Waals surface area contributed by atoms with E-state index in [1.54, 1.807) is 18.2 Å². The second-order valence-electron chi connectivity index (χ2n) is 4.59. The van der Waals surface area contributed by atoms with Crippen LogP contribution < -0.4 is 5.73 Å². The zero-order valence-electron chi connectivity index (χ0n) is 10.9. The van der Waals surface area contributed by atoms with Crippen molar-refractivity contribution >= 4 is 16.9 Å². The molecular formula is C15H13FN4. The third-order valence-corrected chi connectivity index (χ3v) is 3.22. The molecule has 0 saturated carbocycles. The highest BCUT2D eigenvalue weighted by Crippen LogP contribution is 2.22. The zero-order chi connectivity index (χ0) is 14.3. The first kappa shape index (κ1) is 12.3. The maximum absolute atomic E-state index is 13.4. The van der Waals surface area contributed by atoms with Crippen molar-refractivity contribution in [2.24, 2.45) is 5.73 Å². The highest BCUT2D eigenvalue weighted by molar-refractivity contribution is 5.95. The molecule has 4 nitrogen and oxygen atoms in total. The van der Waals surface area contributed by atoms with E-state index in [4.69, 9.17) is 11.1 Å². The van der Waals surface area contributed by atoms with Crippen LogP contribution in [0, 0.1) is 18.2 Å². The first-order valence-electron chi connectivity index (χ1n) is 6.16. The molecule has 0 fully saturated rings. The van der Waals surface area contributed by atoms with Gasteiger partial charge in [0.25, 0.3) is 0 Å². The van der Waals surface area contributed by atoms with Crippen molar-refractivity contribution in [2.45, 2.75) is 6.92 Å². The fourth-order valence-corrected chi connectivity index (χ4v) is 2.28. The van der Waals surface area contributed by atoms with Gasteiger partial charge < -0.3 is 5.73 Å². The van der Waals surface area contributed by atoms with Crippen LogP contribution in [0.5, 0.6) is 0 Å². The van der Waals surface area contributed by atoms with Gasteiger partial charge in [-0.2, -0.15) is 0 Å². The number of fused-ring (bicyclic) bond motifs is 1. The second-order valence-corrected chi connectivity index (χ2v) is 4.59. The Morgan fingerprint density at radius 3 is 2.55 bits per heavy atom. The van der Waals surface area contributed by atoms with Crippen molar-refractivity contribution in [3.63, 3.8) is 0 Å². The lowest BCUT2D eigenvalue weighted by atomic mass is 10.2. The van der Waals surface area contributed by atoms with Crippen LogP contribution in [-0.4, -0.2) is 15.4 Å². The van der Waals surface area contributed by atoms with Gasteiger partial charge in [-0.05, 0) is 43.3 Å². The normalized spacial score (nSPS) is 10.9. The van der Waals surface area contributed by atoms with Gasteiger partial charge in [-0.1, -0.05) is 0 Å². The van der Waals surface area contributed by atoms with Gasteiger partial charge in [0.05, 0.1) is 11.0 Å². The van der Waals surface area contributed by atoms with Crippen LogP contribution in [0.15, 0.2) is 42.5 Å². The van der Waals surface area contributed by atoms with Gasteiger partial charge in [-0.25, -0.2) is 9.37 Å². The van der Waals surface area contributed by atoms with Crippen molar-refractivity contribution in [1.82, 2.24) is 9.55 Å². The number of hydrogen-bond donors (Lipinski definition) is 2. The van der Waals surface area contributed by atoms with E-state index in [9.17, 15) is 4.39 Å². The van der Waals surface area contributed by atoms with E-state index < -0.39 is 0 Å². The summed E-state index contributed by atoms with van der Waals surface area (Å²) in [4.78, 5) is 4.42. The van der Waals surface area contributed by atoms with Crippen molar-refractivity contribution in [2.75, 3.05) is 0 Å². The van der Waals surface area contributed by atoms with Crippen molar-refractivity contribution in [1.29, 1.82) is 5.41 Å². The minimum Gasteiger partial charge on any atom is -0.384 e. The van der Waals surface area contributed by atoms with Crippen LogP contribution in [0.25, 0.3) is 16.7 Å². The summed E-state index contributed by atoms with van der Waals surface area (Å²) >= 11 is 0. The molecule has 0 aliphatic heterocycles. The summed E-state index contributed by atoms with van der Waals surface area (Å²) in [6.07, 6.45) is 0. The predicted molar refractivity (Wildman–Crippen MR) is 76.8 cm³/mol. The summed E-state index contributed by atoms with van der Waals surface area (Å²) < 4.78 is 15.3. The Labute approximate surface area is 115 Å². The zero-order valence-corrected chi connectivity index (χ0v) is 10.9. The molecule has 20 heavy (non-hydrogen) atoms. The third-order valence-electron chi connectivity index (χ3n) is 3.22. The van der Waals surface area contributed by atoms with Crippen molar-refractivity contribution in [3.8, 4) is 5.69 Å². The Balaban J connectivity index is 2.20. The summed E-state index contributed by atoms with van der Waals surface area (Å²) in [6.45, 7) is 1.87. The van der Waals surface area contributed by atoms with Gasteiger partial charge in [-0.15, -0.1) is 0 Å². The van der Waals surface area contributed by atoms with Crippen LogP contribution in [0.3, 0.4) is 0 Å². The average molecular weight is 268 g/mol. The summed E-state index contributed by atoms with van der Waals surface area (Å²) in [7, 11) is 0. The maximum Gasteiger partial charge on any atom is 0.125 e. The number of nitrogens with two attached hydrogens (primary N) is 1. The first-order chi connectivity index (χ1) is 9.56. The fourth-order valence-electron chi connectivity index (χ4n) is 2.28. The van der Waals surface area contributed by atoms with Crippen LogP contribution in [0.2, 0.25) is 0 Å². The molecule has 0 amide bonds. The van der Waals surface area contributed by atoms with Gasteiger partial charge in [0.1, 0.15) is 17.5 Å². The number of rotatable bonds is 2. The second kappa shape index (κ2) is 4.45. The summed E-state index contributed by atoms with van der Waals surface area (Å²) in [6, 6.07) is 11.8. The van der Waals surface area contributed by atoms with E-state index >= 15 is 0 Å². The van der Waals surface area contributed by atoms with Gasteiger partial charge in [0.15, 0.2) is 0 Å². The van der Waals surface area contributed by atoms with E-state index in [0.717, 1.165) is 22.5 Å². The lowest BCUT2D eigenvalue weighted by Crippen LogP contribution is -2.10. The monoisotopic (exact) mass is 268 g/mol. The number of aromatic nitrogens is 2. The number of halogens is 1. The van der Waals surface area contributed by atoms with Gasteiger partial charge in [0.2, 0.25) is 0 Å². The summed E-state index contributed by atoms with van der Waals surface area (Å²) in [5.74, 6) is 0.509. The van der Waals surface area contributed by atoms with Crippen LogP contribution in [0.1, 0.15) is 11.4 Å². The Morgan fingerprint density at radius 2 is 1.90 bits per heavy atom. The Morgan fingerprint density at radius 1 is 1.20 bits per heavy atom. The lowest BCUT2D eigenvalue weighted by Gasteiger charge is -2.08. The Hall–Kier alpha value is -2.69. The molecule has 0 aliphatic carbocycles. The molecule has 0 aliphatic rings. The van der Waals surface area contributed by atoms with Crippen molar-refractivity contribution in [3.05, 3.63) is 59.7 Å². The van der Waals surface area contributed by atoms with Gasteiger partial charge in [0, 0.05) is 17.3 Å². The molecule has 1 aromatic heterocycles. The Kier molecular flexibility index (Phi) is 2.75. The third kappa shape index (κ3) is 1.93. The smallest absolute Gasteiger partial charge is 0.125 e. The minimum absolute atomic E-state index is 0.0230.